The van der Waals surface area contributed by atoms with E-state index in [9.17, 15) is 4.79 Å². The van der Waals surface area contributed by atoms with Gasteiger partial charge in [0.1, 0.15) is 0 Å². The van der Waals surface area contributed by atoms with Crippen LogP contribution in [-0.2, 0) is 4.79 Å². The van der Waals surface area contributed by atoms with Gasteiger partial charge in [-0.05, 0) is 47.2 Å². The Morgan fingerprint density at radius 3 is 2.33 bits per heavy atom. The zero-order chi connectivity index (χ0) is 13.0. The lowest BCUT2D eigenvalue weighted by atomic mass is 10.0. The summed E-state index contributed by atoms with van der Waals surface area (Å²) in [6, 6.07) is 17.6. The number of nitrogens with one attached hydrogen (secondary N) is 1. The van der Waals surface area contributed by atoms with E-state index in [-0.39, 0.29) is 11.8 Å². The molecular weight excluding hydrogens is 337 g/mol. The highest BCUT2D eigenvalue weighted by atomic mass is 127. The maximum atomic E-state index is 12.2. The minimum absolute atomic E-state index is 0.0188. The number of carbonyl (C=O) groups is 1. The van der Waals surface area contributed by atoms with Crippen molar-refractivity contribution >= 4 is 34.2 Å². The molecule has 0 aliphatic heterocycles. The molecule has 0 unspecified atom stereocenters. The number of hydrogen-bond acceptors (Lipinski definition) is 1. The largest absolute Gasteiger partial charge is 0.325 e. The molecule has 2 aromatic rings. The van der Waals surface area contributed by atoms with Crippen molar-refractivity contribution in [2.24, 2.45) is 0 Å². The van der Waals surface area contributed by atoms with Gasteiger partial charge in [-0.2, -0.15) is 0 Å². The van der Waals surface area contributed by atoms with Crippen molar-refractivity contribution < 1.29 is 4.79 Å². The molecule has 2 nitrogen and oxygen atoms in total. The van der Waals surface area contributed by atoms with Gasteiger partial charge in [0, 0.05) is 3.57 Å². The molecule has 0 fully saturated rings. The summed E-state index contributed by atoms with van der Waals surface area (Å²) in [5.41, 5.74) is 1.90. The Hall–Kier alpha value is -1.36. The second-order valence-electron chi connectivity index (χ2n) is 4.10. The van der Waals surface area contributed by atoms with Crippen LogP contribution >= 0.6 is 22.6 Å². The molecule has 2 rings (SSSR count). The molecule has 18 heavy (non-hydrogen) atoms. The summed E-state index contributed by atoms with van der Waals surface area (Å²) in [4.78, 5) is 12.2. The molecule has 0 aliphatic carbocycles. The van der Waals surface area contributed by atoms with E-state index in [0.29, 0.717) is 0 Å². The zero-order valence-electron chi connectivity index (χ0n) is 10.1. The van der Waals surface area contributed by atoms with Crippen LogP contribution in [0, 0.1) is 3.57 Å². The van der Waals surface area contributed by atoms with Crippen molar-refractivity contribution in [3.8, 4) is 0 Å². The van der Waals surface area contributed by atoms with Crippen LogP contribution in [0.5, 0.6) is 0 Å². The molecule has 0 spiro atoms. The Morgan fingerprint density at radius 2 is 1.67 bits per heavy atom. The van der Waals surface area contributed by atoms with E-state index in [1.807, 2.05) is 61.5 Å². The second-order valence-corrected chi connectivity index (χ2v) is 5.26. The molecule has 1 atom stereocenters. The maximum Gasteiger partial charge on any atom is 0.231 e. The third kappa shape index (κ3) is 3.10. The SMILES string of the molecule is C[C@H](C(=O)Nc1ccccc1I)c1ccccc1. The highest BCUT2D eigenvalue weighted by Crippen LogP contribution is 2.21. The molecule has 3 heteroatoms. The third-order valence-corrected chi connectivity index (χ3v) is 3.77. The molecule has 0 aliphatic rings. The van der Waals surface area contributed by atoms with Crippen molar-refractivity contribution in [2.75, 3.05) is 5.32 Å². The molecule has 92 valence electrons. The molecule has 0 saturated carbocycles. The number of benzene rings is 2. The fourth-order valence-electron chi connectivity index (χ4n) is 1.70. The van der Waals surface area contributed by atoms with Crippen LogP contribution in [0.25, 0.3) is 0 Å². The third-order valence-electron chi connectivity index (χ3n) is 2.82. The molecule has 1 N–H and O–H groups in total. The van der Waals surface area contributed by atoms with Gasteiger partial charge in [0.15, 0.2) is 0 Å². The van der Waals surface area contributed by atoms with Crippen molar-refractivity contribution in [1.29, 1.82) is 0 Å². The van der Waals surface area contributed by atoms with Gasteiger partial charge in [0.2, 0.25) is 5.91 Å². The van der Waals surface area contributed by atoms with Crippen molar-refractivity contribution in [3.05, 3.63) is 63.7 Å². The molecule has 0 heterocycles. The summed E-state index contributed by atoms with van der Waals surface area (Å²) in [6.07, 6.45) is 0. The van der Waals surface area contributed by atoms with Gasteiger partial charge >= 0.3 is 0 Å². The first-order chi connectivity index (χ1) is 8.68. The topological polar surface area (TPSA) is 29.1 Å². The van der Waals surface area contributed by atoms with Gasteiger partial charge in [0.05, 0.1) is 11.6 Å². The smallest absolute Gasteiger partial charge is 0.231 e. The predicted octanol–water partition coefficient (Wildman–Crippen LogP) is 4.03. The van der Waals surface area contributed by atoms with E-state index < -0.39 is 0 Å². The number of amides is 1. The first kappa shape index (κ1) is 13.1. The first-order valence-electron chi connectivity index (χ1n) is 5.79. The molecule has 0 radical (unpaired) electrons. The Bertz CT molecular complexity index is 539. The van der Waals surface area contributed by atoms with Crippen molar-refractivity contribution in [1.82, 2.24) is 0 Å². The van der Waals surface area contributed by atoms with E-state index in [1.54, 1.807) is 0 Å². The summed E-state index contributed by atoms with van der Waals surface area (Å²) >= 11 is 2.22. The average Bonchev–Trinajstić information content (AvgIpc) is 2.41. The molecule has 0 saturated heterocycles. The number of anilines is 1. The Balaban J connectivity index is 2.12. The molecule has 1 amide bonds. The molecular formula is C15H14INO. The van der Waals surface area contributed by atoms with Crippen LogP contribution in [0.1, 0.15) is 18.4 Å². The monoisotopic (exact) mass is 351 g/mol. The number of para-hydroxylation sites is 1. The normalized spacial score (nSPS) is 11.9. The standard InChI is InChI=1S/C15H14INO/c1-11(12-7-3-2-4-8-12)15(18)17-14-10-6-5-9-13(14)16/h2-11H,1H3,(H,17,18)/t11-/m0/s1. The lowest BCUT2D eigenvalue weighted by Crippen LogP contribution is -2.19. The minimum Gasteiger partial charge on any atom is -0.325 e. The second kappa shape index (κ2) is 6.00. The summed E-state index contributed by atoms with van der Waals surface area (Å²) in [6.45, 7) is 1.92. The van der Waals surface area contributed by atoms with Gasteiger partial charge in [-0.1, -0.05) is 42.5 Å². The van der Waals surface area contributed by atoms with Gasteiger partial charge in [-0.3, -0.25) is 4.79 Å². The first-order valence-corrected chi connectivity index (χ1v) is 6.86. The summed E-state index contributed by atoms with van der Waals surface area (Å²) in [5, 5.41) is 2.96. The highest BCUT2D eigenvalue weighted by molar-refractivity contribution is 14.1. The van der Waals surface area contributed by atoms with Gasteiger partial charge in [0.25, 0.3) is 0 Å². The zero-order valence-corrected chi connectivity index (χ0v) is 12.2. The van der Waals surface area contributed by atoms with Gasteiger partial charge in [-0.25, -0.2) is 0 Å². The highest BCUT2D eigenvalue weighted by Gasteiger charge is 2.15. The maximum absolute atomic E-state index is 12.2. The quantitative estimate of drug-likeness (QED) is 0.831. The van der Waals surface area contributed by atoms with Crippen LogP contribution < -0.4 is 5.32 Å². The lowest BCUT2D eigenvalue weighted by Gasteiger charge is -2.13. The van der Waals surface area contributed by atoms with Crippen LogP contribution in [0.2, 0.25) is 0 Å². The van der Waals surface area contributed by atoms with E-state index >= 15 is 0 Å². The predicted molar refractivity (Wildman–Crippen MR) is 82.6 cm³/mol. The average molecular weight is 351 g/mol. The fraction of sp³-hybridized carbons (Fsp3) is 0.133. The number of rotatable bonds is 3. The summed E-state index contributed by atoms with van der Waals surface area (Å²) in [7, 11) is 0. The van der Waals surface area contributed by atoms with Crippen LogP contribution in [0.3, 0.4) is 0 Å². The van der Waals surface area contributed by atoms with Gasteiger partial charge < -0.3 is 5.32 Å². The van der Waals surface area contributed by atoms with E-state index in [2.05, 4.69) is 27.9 Å². The summed E-state index contributed by atoms with van der Waals surface area (Å²) < 4.78 is 1.05. The van der Waals surface area contributed by atoms with E-state index in [0.717, 1.165) is 14.8 Å². The lowest BCUT2D eigenvalue weighted by molar-refractivity contribution is -0.117. The summed E-state index contributed by atoms with van der Waals surface area (Å²) in [5.74, 6) is -0.132. The van der Waals surface area contributed by atoms with Crippen LogP contribution in [-0.4, -0.2) is 5.91 Å². The van der Waals surface area contributed by atoms with Crippen LogP contribution in [0.15, 0.2) is 54.6 Å². The number of carbonyl (C=O) groups excluding carboxylic acids is 1. The molecule has 0 bridgehead atoms. The fourth-order valence-corrected chi connectivity index (χ4v) is 2.22. The van der Waals surface area contributed by atoms with E-state index in [4.69, 9.17) is 0 Å². The minimum atomic E-state index is -0.151. The van der Waals surface area contributed by atoms with Crippen molar-refractivity contribution in [2.45, 2.75) is 12.8 Å². The molecule has 0 aromatic heterocycles. The van der Waals surface area contributed by atoms with Crippen LogP contribution in [0.4, 0.5) is 5.69 Å². The number of hydrogen-bond donors (Lipinski definition) is 1. The number of halogens is 1. The Morgan fingerprint density at radius 1 is 1.06 bits per heavy atom. The Labute approximate surface area is 121 Å². The molecule has 2 aromatic carbocycles. The van der Waals surface area contributed by atoms with E-state index in [1.165, 1.54) is 0 Å². The Kier molecular flexibility index (Phi) is 4.36. The van der Waals surface area contributed by atoms with Gasteiger partial charge in [-0.15, -0.1) is 0 Å². The van der Waals surface area contributed by atoms with Crippen molar-refractivity contribution in [3.63, 3.8) is 0 Å².